The number of anilines is 1. The molecule has 0 saturated heterocycles. The first-order valence-corrected chi connectivity index (χ1v) is 7.30. The molecule has 23 heavy (non-hydrogen) atoms. The summed E-state index contributed by atoms with van der Waals surface area (Å²) < 4.78 is 7.14. The number of benzene rings is 2. The van der Waals surface area contributed by atoms with Gasteiger partial charge in [-0.1, -0.05) is 36.4 Å². The Morgan fingerprint density at radius 2 is 1.61 bits per heavy atom. The number of amides is 1. The van der Waals surface area contributed by atoms with Gasteiger partial charge in [0.25, 0.3) is 0 Å². The topological polar surface area (TPSA) is 56.2 Å². The second-order valence-corrected chi connectivity index (χ2v) is 5.14. The third kappa shape index (κ3) is 3.23. The first kappa shape index (κ1) is 14.8. The summed E-state index contributed by atoms with van der Waals surface area (Å²) in [6.45, 7) is 3.77. The van der Waals surface area contributed by atoms with Crippen molar-refractivity contribution in [2.24, 2.45) is 0 Å². The van der Waals surface area contributed by atoms with E-state index in [-0.39, 0.29) is 0 Å². The summed E-state index contributed by atoms with van der Waals surface area (Å²) in [7, 11) is 0. The van der Waals surface area contributed by atoms with E-state index in [0.29, 0.717) is 11.6 Å². The maximum Gasteiger partial charge on any atom is 0.418 e. The number of rotatable bonds is 3. The average molecular weight is 307 g/mol. The van der Waals surface area contributed by atoms with Crippen LogP contribution in [0.1, 0.15) is 11.3 Å². The molecule has 5 nitrogen and oxygen atoms in total. The van der Waals surface area contributed by atoms with E-state index in [4.69, 9.17) is 4.74 Å². The molecule has 0 atom stereocenters. The molecule has 1 aromatic heterocycles. The van der Waals surface area contributed by atoms with E-state index in [1.165, 1.54) is 0 Å². The molecule has 0 bridgehead atoms. The zero-order valence-corrected chi connectivity index (χ0v) is 13.0. The molecule has 0 aliphatic rings. The lowest BCUT2D eigenvalue weighted by molar-refractivity contribution is 0.211. The van der Waals surface area contributed by atoms with Crippen LogP contribution in [0.5, 0.6) is 5.88 Å². The molecule has 3 rings (SSSR count). The Labute approximate surface area is 134 Å². The smallest absolute Gasteiger partial charge is 0.391 e. The molecule has 116 valence electrons. The highest BCUT2D eigenvalue weighted by molar-refractivity contribution is 5.86. The lowest BCUT2D eigenvalue weighted by atomic mass is 10.3. The Morgan fingerprint density at radius 1 is 1.00 bits per heavy atom. The number of para-hydroxylation sites is 2. The van der Waals surface area contributed by atoms with Gasteiger partial charge in [0.1, 0.15) is 0 Å². The van der Waals surface area contributed by atoms with Crippen LogP contribution in [0.4, 0.5) is 10.5 Å². The minimum Gasteiger partial charge on any atom is -0.391 e. The number of carbonyl (C=O) groups is 1. The van der Waals surface area contributed by atoms with Crippen LogP contribution in [0.2, 0.25) is 0 Å². The van der Waals surface area contributed by atoms with E-state index in [1.54, 1.807) is 16.8 Å². The molecular formula is C18H17N3O2. The first-order valence-electron chi connectivity index (χ1n) is 7.30. The van der Waals surface area contributed by atoms with Crippen molar-refractivity contribution in [2.75, 3.05) is 5.32 Å². The second-order valence-electron chi connectivity index (χ2n) is 5.14. The molecule has 0 saturated carbocycles. The van der Waals surface area contributed by atoms with E-state index in [9.17, 15) is 4.79 Å². The highest BCUT2D eigenvalue weighted by atomic mass is 16.6. The number of aryl methyl sites for hydroxylation is 1. The summed E-state index contributed by atoms with van der Waals surface area (Å²) >= 11 is 0. The van der Waals surface area contributed by atoms with Crippen LogP contribution in [0.25, 0.3) is 5.69 Å². The quantitative estimate of drug-likeness (QED) is 0.792. The van der Waals surface area contributed by atoms with E-state index in [1.807, 2.05) is 62.4 Å². The Morgan fingerprint density at radius 3 is 2.26 bits per heavy atom. The van der Waals surface area contributed by atoms with E-state index in [0.717, 1.165) is 16.9 Å². The van der Waals surface area contributed by atoms with Gasteiger partial charge in [0.15, 0.2) is 0 Å². The van der Waals surface area contributed by atoms with Gasteiger partial charge < -0.3 is 4.74 Å². The van der Waals surface area contributed by atoms with Crippen molar-refractivity contribution in [2.45, 2.75) is 13.8 Å². The standard InChI is InChI=1S/C18H17N3O2/c1-13-14(2)20-21(16-11-7-4-8-12-16)17(13)23-18(22)19-15-9-5-3-6-10-15/h3-12H,1-2H3,(H,19,22). The van der Waals surface area contributed by atoms with Crippen LogP contribution in [0.3, 0.4) is 0 Å². The first-order chi connectivity index (χ1) is 11.1. The number of nitrogens with zero attached hydrogens (tertiary/aromatic N) is 2. The summed E-state index contributed by atoms with van der Waals surface area (Å²) in [5.41, 5.74) is 3.16. The van der Waals surface area contributed by atoms with Crippen molar-refractivity contribution in [3.63, 3.8) is 0 Å². The predicted octanol–water partition coefficient (Wildman–Crippen LogP) is 4.10. The van der Waals surface area contributed by atoms with Gasteiger partial charge in [-0.05, 0) is 38.1 Å². The third-order valence-corrected chi connectivity index (χ3v) is 3.52. The van der Waals surface area contributed by atoms with E-state index < -0.39 is 6.09 Å². The lowest BCUT2D eigenvalue weighted by Gasteiger charge is -2.10. The maximum absolute atomic E-state index is 12.2. The maximum atomic E-state index is 12.2. The number of carbonyl (C=O) groups excluding carboxylic acids is 1. The normalized spacial score (nSPS) is 10.3. The van der Waals surface area contributed by atoms with Gasteiger partial charge in [0.05, 0.1) is 11.4 Å². The molecular weight excluding hydrogens is 290 g/mol. The van der Waals surface area contributed by atoms with Crippen molar-refractivity contribution in [1.29, 1.82) is 0 Å². The third-order valence-electron chi connectivity index (χ3n) is 3.52. The molecule has 1 heterocycles. The summed E-state index contributed by atoms with van der Waals surface area (Å²) in [4.78, 5) is 12.2. The molecule has 5 heteroatoms. The van der Waals surface area contributed by atoms with E-state index in [2.05, 4.69) is 10.4 Å². The highest BCUT2D eigenvalue weighted by Gasteiger charge is 2.17. The lowest BCUT2D eigenvalue weighted by Crippen LogP contribution is -2.18. The Balaban J connectivity index is 1.86. The van der Waals surface area contributed by atoms with Crippen LogP contribution in [-0.4, -0.2) is 15.9 Å². The second kappa shape index (κ2) is 6.36. The van der Waals surface area contributed by atoms with Crippen LogP contribution >= 0.6 is 0 Å². The molecule has 0 radical (unpaired) electrons. The fourth-order valence-corrected chi connectivity index (χ4v) is 2.20. The molecule has 3 aromatic rings. The van der Waals surface area contributed by atoms with Crippen LogP contribution < -0.4 is 10.1 Å². The van der Waals surface area contributed by atoms with Crippen molar-refractivity contribution in [3.8, 4) is 11.6 Å². The summed E-state index contributed by atoms with van der Waals surface area (Å²) in [6, 6.07) is 18.7. The number of nitrogens with one attached hydrogen (secondary N) is 1. The molecule has 0 spiro atoms. The molecule has 1 amide bonds. The van der Waals surface area contributed by atoms with Crippen LogP contribution in [0, 0.1) is 13.8 Å². The molecule has 0 fully saturated rings. The Hall–Kier alpha value is -3.08. The van der Waals surface area contributed by atoms with Crippen molar-refractivity contribution in [3.05, 3.63) is 71.9 Å². The molecule has 0 aliphatic heterocycles. The average Bonchev–Trinajstić information content (AvgIpc) is 2.85. The van der Waals surface area contributed by atoms with Gasteiger partial charge in [-0.3, -0.25) is 5.32 Å². The number of ether oxygens (including phenoxy) is 1. The minimum absolute atomic E-state index is 0.419. The summed E-state index contributed by atoms with van der Waals surface area (Å²) in [5.74, 6) is 0.419. The molecule has 0 unspecified atom stereocenters. The fourth-order valence-electron chi connectivity index (χ4n) is 2.20. The number of hydrogen-bond donors (Lipinski definition) is 1. The van der Waals surface area contributed by atoms with Crippen molar-refractivity contribution in [1.82, 2.24) is 9.78 Å². The minimum atomic E-state index is -0.545. The monoisotopic (exact) mass is 307 g/mol. The van der Waals surface area contributed by atoms with Crippen molar-refractivity contribution >= 4 is 11.8 Å². The SMILES string of the molecule is Cc1nn(-c2ccccc2)c(OC(=O)Nc2ccccc2)c1C. The molecule has 1 N–H and O–H groups in total. The van der Waals surface area contributed by atoms with Gasteiger partial charge >= 0.3 is 6.09 Å². The van der Waals surface area contributed by atoms with Gasteiger partial charge in [0.2, 0.25) is 5.88 Å². The molecule has 2 aromatic carbocycles. The number of hydrogen-bond acceptors (Lipinski definition) is 3. The van der Waals surface area contributed by atoms with E-state index >= 15 is 0 Å². The largest absolute Gasteiger partial charge is 0.418 e. The molecule has 0 aliphatic carbocycles. The fraction of sp³-hybridized carbons (Fsp3) is 0.111. The van der Waals surface area contributed by atoms with Crippen LogP contribution in [-0.2, 0) is 0 Å². The van der Waals surface area contributed by atoms with Gasteiger partial charge in [-0.2, -0.15) is 5.10 Å². The zero-order valence-electron chi connectivity index (χ0n) is 13.0. The summed E-state index contributed by atoms with van der Waals surface area (Å²) in [6.07, 6.45) is -0.545. The van der Waals surface area contributed by atoms with Crippen LogP contribution in [0.15, 0.2) is 60.7 Å². The van der Waals surface area contributed by atoms with Gasteiger partial charge in [-0.25, -0.2) is 9.48 Å². The Kier molecular flexibility index (Phi) is 4.10. The number of aromatic nitrogens is 2. The summed E-state index contributed by atoms with van der Waals surface area (Å²) in [5, 5.41) is 7.16. The predicted molar refractivity (Wildman–Crippen MR) is 89.1 cm³/mol. The Bertz CT molecular complexity index is 811. The zero-order chi connectivity index (χ0) is 16.2. The van der Waals surface area contributed by atoms with Crippen molar-refractivity contribution < 1.29 is 9.53 Å². The highest BCUT2D eigenvalue weighted by Crippen LogP contribution is 2.25. The van der Waals surface area contributed by atoms with Gasteiger partial charge in [0, 0.05) is 11.3 Å². The van der Waals surface area contributed by atoms with Gasteiger partial charge in [-0.15, -0.1) is 0 Å².